The minimum atomic E-state index is -1.25. The second-order valence-corrected chi connectivity index (χ2v) is 8.50. The molecule has 0 bridgehead atoms. The molecule has 11 heteroatoms. The maximum atomic E-state index is 13.5. The highest BCUT2D eigenvalue weighted by atomic mass is 19.1. The van der Waals surface area contributed by atoms with Crippen molar-refractivity contribution in [3.8, 4) is 0 Å². The van der Waals surface area contributed by atoms with E-state index in [0.29, 0.717) is 23.5 Å². The maximum Gasteiger partial charge on any atom is 0.409 e. The maximum absolute atomic E-state index is 13.5. The summed E-state index contributed by atoms with van der Waals surface area (Å²) in [4.78, 5) is 44.4. The van der Waals surface area contributed by atoms with Crippen LogP contribution in [0.3, 0.4) is 0 Å². The first kappa shape index (κ1) is 27.1. The van der Waals surface area contributed by atoms with E-state index in [1.54, 1.807) is 35.2 Å². The number of nitrogens with zero attached hydrogens (tertiary/aromatic N) is 3. The summed E-state index contributed by atoms with van der Waals surface area (Å²) in [6.07, 6.45) is 0.979. The monoisotopic (exact) mass is 508 g/mol. The van der Waals surface area contributed by atoms with Gasteiger partial charge >= 0.3 is 12.1 Å². The smallest absolute Gasteiger partial charge is 0.409 e. The van der Waals surface area contributed by atoms with Crippen molar-refractivity contribution in [1.29, 1.82) is 0 Å². The summed E-state index contributed by atoms with van der Waals surface area (Å²) >= 11 is 0. The van der Waals surface area contributed by atoms with Gasteiger partial charge < -0.3 is 25.5 Å². The Kier molecular flexibility index (Phi) is 9.50. The fourth-order valence-corrected chi connectivity index (χ4v) is 3.47. The Morgan fingerprint density at radius 2 is 1.65 bits per heavy atom. The number of hydrogen-bond donors (Lipinski definition) is 4. The third kappa shape index (κ3) is 8.58. The summed E-state index contributed by atoms with van der Waals surface area (Å²) in [7, 11) is 3.89. The minimum Gasteiger partial charge on any atom is -0.465 e. The average molecular weight is 509 g/mol. The molecule has 0 aliphatic carbocycles. The van der Waals surface area contributed by atoms with Crippen LogP contribution in [-0.4, -0.2) is 65.1 Å². The molecular formula is C26H29FN6O4. The lowest BCUT2D eigenvalue weighted by Crippen LogP contribution is -2.36. The summed E-state index contributed by atoms with van der Waals surface area (Å²) in [6.45, 7) is 1.46. The van der Waals surface area contributed by atoms with Crippen LogP contribution < -0.4 is 16.0 Å². The third-order valence-electron chi connectivity index (χ3n) is 5.24. The fourth-order valence-electron chi connectivity index (χ4n) is 3.47. The molecule has 0 aliphatic heterocycles. The van der Waals surface area contributed by atoms with Crippen molar-refractivity contribution >= 4 is 35.1 Å². The molecule has 4 N–H and O–H groups in total. The Morgan fingerprint density at radius 3 is 2.27 bits per heavy atom. The number of hydrogen-bond acceptors (Lipinski definition) is 5. The van der Waals surface area contributed by atoms with E-state index in [4.69, 9.17) is 5.11 Å². The van der Waals surface area contributed by atoms with E-state index in [9.17, 15) is 18.8 Å². The highest BCUT2D eigenvalue weighted by molar-refractivity contribution is 6.05. The van der Waals surface area contributed by atoms with Gasteiger partial charge in [-0.2, -0.15) is 0 Å². The average Bonchev–Trinajstić information content (AvgIpc) is 2.84. The number of halogens is 1. The van der Waals surface area contributed by atoms with Crippen LogP contribution in [0.15, 0.2) is 66.9 Å². The molecule has 3 rings (SSSR count). The normalized spacial score (nSPS) is 10.6. The van der Waals surface area contributed by atoms with Gasteiger partial charge in [0.15, 0.2) is 0 Å². The van der Waals surface area contributed by atoms with Gasteiger partial charge in [0.2, 0.25) is 0 Å². The lowest BCUT2D eigenvalue weighted by atomic mass is 10.2. The molecule has 0 spiro atoms. The molecule has 0 fully saturated rings. The van der Waals surface area contributed by atoms with Crippen molar-refractivity contribution < 1.29 is 23.9 Å². The molecule has 4 amide bonds. The van der Waals surface area contributed by atoms with Crippen molar-refractivity contribution in [2.45, 2.75) is 13.0 Å². The molecule has 1 heterocycles. The number of urea groups is 1. The van der Waals surface area contributed by atoms with Gasteiger partial charge in [0.05, 0.1) is 11.4 Å². The Bertz CT molecular complexity index is 1240. The predicted molar refractivity (Wildman–Crippen MR) is 139 cm³/mol. The van der Waals surface area contributed by atoms with E-state index >= 15 is 0 Å². The first-order valence-electron chi connectivity index (χ1n) is 11.5. The van der Waals surface area contributed by atoms with E-state index in [-0.39, 0.29) is 24.0 Å². The van der Waals surface area contributed by atoms with Gasteiger partial charge in [-0.3, -0.25) is 15.1 Å². The first-order chi connectivity index (χ1) is 17.7. The van der Waals surface area contributed by atoms with Gasteiger partial charge in [0, 0.05) is 25.0 Å². The second-order valence-electron chi connectivity index (χ2n) is 8.50. The van der Waals surface area contributed by atoms with Crippen LogP contribution in [0.4, 0.5) is 31.0 Å². The zero-order valence-electron chi connectivity index (χ0n) is 20.6. The number of amides is 4. The highest BCUT2D eigenvalue weighted by Crippen LogP contribution is 2.21. The van der Waals surface area contributed by atoms with Crippen LogP contribution in [0, 0.1) is 5.82 Å². The number of aromatic nitrogens is 1. The summed E-state index contributed by atoms with van der Waals surface area (Å²) < 4.78 is 13.5. The van der Waals surface area contributed by atoms with Crippen LogP contribution in [0.1, 0.15) is 22.5 Å². The molecule has 194 valence electrons. The molecule has 0 aliphatic rings. The largest absolute Gasteiger partial charge is 0.465 e. The molecule has 37 heavy (non-hydrogen) atoms. The van der Waals surface area contributed by atoms with E-state index in [1.165, 1.54) is 36.5 Å². The molecule has 0 saturated carbocycles. The van der Waals surface area contributed by atoms with Crippen LogP contribution >= 0.6 is 0 Å². The third-order valence-corrected chi connectivity index (χ3v) is 5.24. The zero-order valence-corrected chi connectivity index (χ0v) is 20.6. The number of benzene rings is 2. The minimum absolute atomic E-state index is 0.122. The fraction of sp³-hybridized carbons (Fsp3) is 0.231. The van der Waals surface area contributed by atoms with Gasteiger partial charge in [-0.25, -0.2) is 14.0 Å². The van der Waals surface area contributed by atoms with Crippen molar-refractivity contribution in [2.75, 3.05) is 43.1 Å². The van der Waals surface area contributed by atoms with E-state index in [2.05, 4.69) is 20.9 Å². The molecule has 10 nitrogen and oxygen atoms in total. The number of rotatable bonds is 10. The molecule has 0 atom stereocenters. The number of pyridine rings is 1. The highest BCUT2D eigenvalue weighted by Gasteiger charge is 2.16. The van der Waals surface area contributed by atoms with Gasteiger partial charge in [-0.1, -0.05) is 24.3 Å². The van der Waals surface area contributed by atoms with Crippen molar-refractivity contribution in [1.82, 2.24) is 14.8 Å². The number of carbonyl (C=O) groups is 3. The molecule has 2 aromatic carbocycles. The number of carboxylic acid groups (broad SMARTS) is 1. The van der Waals surface area contributed by atoms with Crippen molar-refractivity contribution in [3.05, 3.63) is 83.9 Å². The Balaban J connectivity index is 1.68. The molecular weight excluding hydrogens is 479 g/mol. The van der Waals surface area contributed by atoms with Gasteiger partial charge in [-0.05, 0) is 69.0 Å². The lowest BCUT2D eigenvalue weighted by molar-refractivity contribution is 0.102. The summed E-state index contributed by atoms with van der Waals surface area (Å²) in [5.41, 5.74) is 1.70. The Labute approximate surface area is 214 Å². The van der Waals surface area contributed by atoms with E-state index < -0.39 is 17.8 Å². The zero-order chi connectivity index (χ0) is 26.8. The number of anilines is 3. The molecule has 0 unspecified atom stereocenters. The van der Waals surface area contributed by atoms with Crippen LogP contribution in [0.2, 0.25) is 0 Å². The van der Waals surface area contributed by atoms with E-state index in [1.807, 2.05) is 19.0 Å². The van der Waals surface area contributed by atoms with Crippen LogP contribution in [0.5, 0.6) is 0 Å². The van der Waals surface area contributed by atoms with Crippen LogP contribution in [-0.2, 0) is 6.54 Å². The number of carbonyl (C=O) groups excluding carboxylic acids is 2. The van der Waals surface area contributed by atoms with Crippen LogP contribution in [0.25, 0.3) is 0 Å². The Hall–Kier alpha value is -4.51. The van der Waals surface area contributed by atoms with Gasteiger partial charge in [0.1, 0.15) is 11.5 Å². The summed E-state index contributed by atoms with van der Waals surface area (Å²) in [6, 6.07) is 14.9. The summed E-state index contributed by atoms with van der Waals surface area (Å²) in [5.74, 6) is -0.964. The topological polar surface area (TPSA) is 127 Å². The molecule has 3 aromatic rings. The number of nitrogens with one attached hydrogen (secondary N) is 3. The number of para-hydroxylation sites is 2. The van der Waals surface area contributed by atoms with Gasteiger partial charge in [0.25, 0.3) is 5.91 Å². The standard InChI is InChI=1S/C26H29FN6O4/c1-32(2)13-6-14-33(25(35)29-20-8-5-7-19(27)15-20)17-18-11-12-23(28-16-18)24(34)30-21-9-3-4-10-22(21)31-26(36)37/h3-5,7-12,15-16,31H,6,13-14,17H2,1-2H3,(H,29,35)(H,30,34)(H,36,37). The quantitative estimate of drug-likeness (QED) is 0.318. The van der Waals surface area contributed by atoms with E-state index in [0.717, 1.165) is 13.0 Å². The Morgan fingerprint density at radius 1 is 0.919 bits per heavy atom. The lowest BCUT2D eigenvalue weighted by Gasteiger charge is -2.24. The summed E-state index contributed by atoms with van der Waals surface area (Å²) in [5, 5.41) is 16.6. The SMILES string of the molecule is CN(C)CCCN(Cc1ccc(C(=O)Nc2ccccc2NC(=O)O)nc1)C(=O)Nc1cccc(F)c1. The molecule has 1 aromatic heterocycles. The van der Waals surface area contributed by atoms with Crippen molar-refractivity contribution in [2.24, 2.45) is 0 Å². The molecule has 0 saturated heterocycles. The van der Waals surface area contributed by atoms with Crippen molar-refractivity contribution in [3.63, 3.8) is 0 Å². The second kappa shape index (κ2) is 13.0. The first-order valence-corrected chi connectivity index (χ1v) is 11.5. The predicted octanol–water partition coefficient (Wildman–Crippen LogP) is 4.55. The molecule has 0 radical (unpaired) electrons. The van der Waals surface area contributed by atoms with Gasteiger partial charge in [-0.15, -0.1) is 0 Å².